The maximum absolute atomic E-state index is 14.7. The summed E-state index contributed by atoms with van der Waals surface area (Å²) in [6.07, 6.45) is 9.00. The molecule has 0 spiro atoms. The predicted octanol–water partition coefficient (Wildman–Crippen LogP) is 3.56. The van der Waals surface area contributed by atoms with Crippen LogP contribution in [0.1, 0.15) is 144 Å². The molecule has 52 heavy (non-hydrogen) atoms. The molecule has 0 radical (unpaired) electrons. The van der Waals surface area contributed by atoms with Gasteiger partial charge in [0.1, 0.15) is 23.8 Å². The zero-order chi connectivity index (χ0) is 38.1. The van der Waals surface area contributed by atoms with Gasteiger partial charge >= 0.3 is 0 Å². The summed E-state index contributed by atoms with van der Waals surface area (Å²) in [7, 11) is 0. The minimum atomic E-state index is -1.02. The van der Waals surface area contributed by atoms with E-state index in [4.69, 9.17) is 0 Å². The van der Waals surface area contributed by atoms with Crippen molar-refractivity contribution in [3.63, 3.8) is 0 Å². The van der Waals surface area contributed by atoms with Crippen LogP contribution in [0, 0.1) is 31.1 Å². The molecule has 13 nitrogen and oxygen atoms in total. The number of aromatic amines is 1. The fraction of sp³-hybridized carbons (Fsp3) is 0.718. The Balaban J connectivity index is 1.37. The summed E-state index contributed by atoms with van der Waals surface area (Å²) in [4.78, 5) is 99.4. The van der Waals surface area contributed by atoms with E-state index in [1.54, 1.807) is 18.7 Å². The molecule has 5 rings (SSSR count). The molecule has 13 heteroatoms. The molecule has 1 aromatic rings. The molecule has 4 aliphatic rings. The van der Waals surface area contributed by atoms with Crippen molar-refractivity contribution in [1.29, 1.82) is 0 Å². The standard InChI is InChI=1S/C39H58N6O7/c1-8-12-27(32(47)37(51)41-25-16-17-25)42-36(50)31-24-15-18-26(19-24)45(31)38(52)33(39(5,6)7)44-35(49)30(23-13-10-9-11-14-23)43-34(48)29-20(2)28(22(4)46)21(3)40-29/h23-27,30-31,33,40H,8-19H2,1-7H3,(H,41,51)(H,42,50)(H,43,48)(H,44,49)/t24-,26+,27-,30-,31-,33+/m0/s1. The highest BCUT2D eigenvalue weighted by Gasteiger charge is 2.54. The van der Waals surface area contributed by atoms with Crippen molar-refractivity contribution in [2.45, 2.75) is 162 Å². The minimum absolute atomic E-state index is 0.00468. The van der Waals surface area contributed by atoms with Crippen LogP contribution in [0.3, 0.4) is 0 Å². The van der Waals surface area contributed by atoms with Crippen LogP contribution in [-0.4, -0.2) is 87.2 Å². The summed E-state index contributed by atoms with van der Waals surface area (Å²) < 4.78 is 0. The number of fused-ring (bicyclic) bond motifs is 2. The van der Waals surface area contributed by atoms with Gasteiger partial charge in [-0.3, -0.25) is 33.6 Å². The second kappa shape index (κ2) is 15.9. The lowest BCUT2D eigenvalue weighted by molar-refractivity contribution is -0.149. The Morgan fingerprint density at radius 2 is 1.56 bits per heavy atom. The number of carbonyl (C=O) groups excluding carboxylic acids is 7. The molecule has 1 saturated heterocycles. The number of rotatable bonds is 14. The first kappa shape index (κ1) is 39.2. The van der Waals surface area contributed by atoms with Crippen LogP contribution >= 0.6 is 0 Å². The molecule has 5 N–H and O–H groups in total. The third kappa shape index (κ3) is 8.44. The molecule has 3 aliphatic carbocycles. The van der Waals surface area contributed by atoms with Gasteiger partial charge in [-0.1, -0.05) is 53.4 Å². The number of H-pyrrole nitrogens is 1. The van der Waals surface area contributed by atoms with Crippen LogP contribution in [0.5, 0.6) is 0 Å². The lowest BCUT2D eigenvalue weighted by Crippen LogP contribution is -2.64. The van der Waals surface area contributed by atoms with E-state index in [0.29, 0.717) is 36.1 Å². The van der Waals surface area contributed by atoms with Crippen LogP contribution in [-0.2, 0) is 24.0 Å². The van der Waals surface area contributed by atoms with Gasteiger partial charge < -0.3 is 31.2 Å². The van der Waals surface area contributed by atoms with Gasteiger partial charge in [-0.05, 0) is 95.0 Å². The summed E-state index contributed by atoms with van der Waals surface area (Å²) in [5.41, 5.74) is 1.02. The number of piperidine rings is 1. The summed E-state index contributed by atoms with van der Waals surface area (Å²) in [6, 6.07) is -3.97. The highest BCUT2D eigenvalue weighted by Crippen LogP contribution is 2.44. The highest BCUT2D eigenvalue weighted by atomic mass is 16.2. The number of Topliss-reactive ketones (excluding diaryl/α,β-unsaturated/α-hetero) is 2. The third-order valence-corrected chi connectivity index (χ3v) is 11.6. The van der Waals surface area contributed by atoms with Gasteiger partial charge in [0.15, 0.2) is 5.78 Å². The molecular weight excluding hydrogens is 664 g/mol. The predicted molar refractivity (Wildman–Crippen MR) is 194 cm³/mol. The molecular formula is C39H58N6O7. The molecule has 2 bridgehead atoms. The first-order valence-corrected chi connectivity index (χ1v) is 19.3. The SMILES string of the molecule is CCC[C@H](NC(=O)[C@@H]1[C@H]2CC[C@H](C2)N1C(=O)[C@@H](NC(=O)[C@@H](NC(=O)c1[nH]c(C)c(C(C)=O)c1C)C1CCCCC1)C(C)(C)C)C(=O)C(=O)NC1CC1. The van der Waals surface area contributed by atoms with Gasteiger partial charge in [-0.15, -0.1) is 0 Å². The number of nitrogens with one attached hydrogen (secondary N) is 5. The Labute approximate surface area is 306 Å². The Morgan fingerprint density at radius 3 is 2.13 bits per heavy atom. The van der Waals surface area contributed by atoms with Crippen LogP contribution in [0.25, 0.3) is 0 Å². The Kier molecular flexibility index (Phi) is 12.0. The Morgan fingerprint density at radius 1 is 0.885 bits per heavy atom. The zero-order valence-corrected chi connectivity index (χ0v) is 31.9. The molecule has 4 fully saturated rings. The van der Waals surface area contributed by atoms with Crippen molar-refractivity contribution in [2.75, 3.05) is 0 Å². The fourth-order valence-corrected chi connectivity index (χ4v) is 8.71. The first-order valence-electron chi connectivity index (χ1n) is 19.3. The van der Waals surface area contributed by atoms with Crippen LogP contribution in [0.4, 0.5) is 0 Å². The van der Waals surface area contributed by atoms with E-state index in [9.17, 15) is 33.6 Å². The summed E-state index contributed by atoms with van der Waals surface area (Å²) in [6.45, 7) is 12.3. The number of amides is 5. The van der Waals surface area contributed by atoms with Crippen molar-refractivity contribution in [3.05, 3.63) is 22.5 Å². The maximum atomic E-state index is 14.7. The van der Waals surface area contributed by atoms with E-state index >= 15 is 0 Å². The van der Waals surface area contributed by atoms with Crippen molar-refractivity contribution < 1.29 is 33.6 Å². The quantitative estimate of drug-likeness (QED) is 0.144. The molecule has 0 aromatic carbocycles. The average molecular weight is 723 g/mol. The zero-order valence-electron chi connectivity index (χ0n) is 31.9. The maximum Gasteiger partial charge on any atom is 0.289 e. The lowest BCUT2D eigenvalue weighted by Gasteiger charge is -2.41. The van der Waals surface area contributed by atoms with Gasteiger partial charge in [-0.2, -0.15) is 0 Å². The molecule has 0 unspecified atom stereocenters. The number of carbonyl (C=O) groups is 7. The van der Waals surface area contributed by atoms with Crippen molar-refractivity contribution in [3.8, 4) is 0 Å². The number of hydrogen-bond acceptors (Lipinski definition) is 7. The molecule has 6 atom stereocenters. The van der Waals surface area contributed by atoms with E-state index in [1.165, 1.54) is 6.92 Å². The summed E-state index contributed by atoms with van der Waals surface area (Å²) in [5.74, 6) is -3.59. The topological polar surface area (TPSA) is 187 Å². The van der Waals surface area contributed by atoms with Crippen molar-refractivity contribution in [2.24, 2.45) is 17.3 Å². The minimum Gasteiger partial charge on any atom is -0.354 e. The van der Waals surface area contributed by atoms with Crippen molar-refractivity contribution in [1.82, 2.24) is 31.2 Å². The van der Waals surface area contributed by atoms with Gasteiger partial charge in [0.2, 0.25) is 23.5 Å². The molecule has 286 valence electrons. The molecule has 1 aromatic heterocycles. The highest BCUT2D eigenvalue weighted by molar-refractivity contribution is 6.38. The number of nitrogens with zero attached hydrogens (tertiary/aromatic N) is 1. The normalized spacial score (nSPS) is 23.4. The van der Waals surface area contributed by atoms with Crippen LogP contribution < -0.4 is 21.3 Å². The number of aryl methyl sites for hydroxylation is 1. The largest absolute Gasteiger partial charge is 0.354 e. The van der Waals surface area contributed by atoms with Gasteiger partial charge in [0, 0.05) is 23.3 Å². The van der Waals surface area contributed by atoms with Crippen molar-refractivity contribution >= 4 is 41.1 Å². The molecule has 3 saturated carbocycles. The summed E-state index contributed by atoms with van der Waals surface area (Å²) >= 11 is 0. The second-order valence-electron chi connectivity index (χ2n) is 16.7. The number of aromatic nitrogens is 1. The lowest BCUT2D eigenvalue weighted by atomic mass is 9.81. The van der Waals surface area contributed by atoms with E-state index in [0.717, 1.165) is 57.8 Å². The Bertz CT molecular complexity index is 1580. The van der Waals surface area contributed by atoms with Gasteiger partial charge in [0.05, 0.1) is 6.04 Å². The number of likely N-dealkylation sites (tertiary alicyclic amines) is 1. The monoisotopic (exact) mass is 722 g/mol. The third-order valence-electron chi connectivity index (χ3n) is 11.6. The smallest absolute Gasteiger partial charge is 0.289 e. The first-order chi connectivity index (χ1) is 24.5. The second-order valence-corrected chi connectivity index (χ2v) is 16.7. The summed E-state index contributed by atoms with van der Waals surface area (Å²) in [5, 5.41) is 11.5. The van der Waals surface area contributed by atoms with E-state index in [1.807, 2.05) is 27.7 Å². The fourth-order valence-electron chi connectivity index (χ4n) is 8.71. The molecule has 5 amide bonds. The van der Waals surface area contributed by atoms with E-state index in [2.05, 4.69) is 26.3 Å². The number of hydrogen-bond donors (Lipinski definition) is 5. The molecule has 2 heterocycles. The Hall–Kier alpha value is -4.03. The van der Waals surface area contributed by atoms with Gasteiger partial charge in [0.25, 0.3) is 11.8 Å². The molecule has 1 aliphatic heterocycles. The van der Waals surface area contributed by atoms with Gasteiger partial charge in [-0.25, -0.2) is 0 Å². The van der Waals surface area contributed by atoms with Crippen LogP contribution in [0.15, 0.2) is 0 Å². The average Bonchev–Trinajstić information content (AvgIpc) is 3.51. The van der Waals surface area contributed by atoms with Crippen LogP contribution in [0.2, 0.25) is 0 Å². The van der Waals surface area contributed by atoms with E-state index in [-0.39, 0.29) is 41.3 Å². The van der Waals surface area contributed by atoms with E-state index < -0.39 is 59.0 Å². The number of ketones is 2.